The van der Waals surface area contributed by atoms with Crippen molar-refractivity contribution in [2.24, 2.45) is 0 Å². The highest BCUT2D eigenvalue weighted by Crippen LogP contribution is 2.26. The standard InChI is InChI=1S/C17H19ClN2O4S/c1-11-15(18)5-4-6-16(11)20-25(22,23)14-9-7-13(8-10-14)24-12(2)17(21)19-3/h4-10,12,20H,1-3H3,(H,19,21)/t12-/m0/s1. The molecule has 25 heavy (non-hydrogen) atoms. The minimum Gasteiger partial charge on any atom is -0.481 e. The lowest BCUT2D eigenvalue weighted by molar-refractivity contribution is -0.126. The minimum absolute atomic E-state index is 0.0758. The average molecular weight is 383 g/mol. The van der Waals surface area contributed by atoms with Crippen molar-refractivity contribution in [1.82, 2.24) is 5.32 Å². The van der Waals surface area contributed by atoms with Gasteiger partial charge in [0.2, 0.25) is 0 Å². The summed E-state index contributed by atoms with van der Waals surface area (Å²) in [5, 5.41) is 2.96. The van der Waals surface area contributed by atoms with Gasteiger partial charge in [-0.15, -0.1) is 0 Å². The Hall–Kier alpha value is -2.25. The van der Waals surface area contributed by atoms with Crippen LogP contribution in [0.25, 0.3) is 0 Å². The van der Waals surface area contributed by atoms with Gasteiger partial charge in [0.25, 0.3) is 15.9 Å². The number of amides is 1. The molecule has 0 bridgehead atoms. The van der Waals surface area contributed by atoms with Crippen LogP contribution in [0.3, 0.4) is 0 Å². The molecule has 0 unspecified atom stereocenters. The number of ether oxygens (including phenoxy) is 1. The Labute approximate surface area is 152 Å². The van der Waals surface area contributed by atoms with E-state index in [0.717, 1.165) is 0 Å². The molecule has 0 heterocycles. The Morgan fingerprint density at radius 3 is 2.40 bits per heavy atom. The lowest BCUT2D eigenvalue weighted by Crippen LogP contribution is -2.33. The van der Waals surface area contributed by atoms with Crippen LogP contribution < -0.4 is 14.8 Å². The first kappa shape index (κ1) is 19.1. The molecule has 0 aliphatic carbocycles. The van der Waals surface area contributed by atoms with Gasteiger partial charge in [-0.1, -0.05) is 17.7 Å². The predicted octanol–water partition coefficient (Wildman–Crippen LogP) is 2.96. The first-order chi connectivity index (χ1) is 11.7. The number of likely N-dealkylation sites (N-methyl/N-ethyl adjacent to an activating group) is 1. The topological polar surface area (TPSA) is 84.5 Å². The number of carbonyl (C=O) groups excluding carboxylic acids is 1. The molecule has 0 saturated carbocycles. The molecule has 0 fully saturated rings. The van der Waals surface area contributed by atoms with Crippen LogP contribution in [0.2, 0.25) is 5.02 Å². The quantitative estimate of drug-likeness (QED) is 0.804. The fraction of sp³-hybridized carbons (Fsp3) is 0.235. The number of hydrogen-bond donors (Lipinski definition) is 2. The summed E-state index contributed by atoms with van der Waals surface area (Å²) in [7, 11) is -2.25. The smallest absolute Gasteiger partial charge is 0.261 e. The molecule has 0 aliphatic heterocycles. The molecule has 8 heteroatoms. The fourth-order valence-electron chi connectivity index (χ4n) is 2.08. The van der Waals surface area contributed by atoms with E-state index in [9.17, 15) is 13.2 Å². The lowest BCUT2D eigenvalue weighted by atomic mass is 10.2. The molecular weight excluding hydrogens is 364 g/mol. The van der Waals surface area contributed by atoms with Crippen molar-refractivity contribution in [2.45, 2.75) is 24.8 Å². The predicted molar refractivity (Wildman–Crippen MR) is 97.6 cm³/mol. The second-order valence-corrected chi connectivity index (χ2v) is 7.45. The Bertz CT molecular complexity index is 867. The second kappa shape index (κ2) is 7.76. The van der Waals surface area contributed by atoms with Gasteiger partial charge in [0.1, 0.15) is 5.75 Å². The molecular formula is C17H19ClN2O4S. The number of sulfonamides is 1. The zero-order valence-electron chi connectivity index (χ0n) is 14.0. The average Bonchev–Trinajstić information content (AvgIpc) is 2.58. The van der Waals surface area contributed by atoms with Crippen molar-refractivity contribution in [2.75, 3.05) is 11.8 Å². The SMILES string of the molecule is CNC(=O)[C@H](C)Oc1ccc(S(=O)(=O)Nc2cccc(Cl)c2C)cc1. The van der Waals surface area contributed by atoms with Gasteiger partial charge >= 0.3 is 0 Å². The highest BCUT2D eigenvalue weighted by Gasteiger charge is 2.17. The van der Waals surface area contributed by atoms with E-state index >= 15 is 0 Å². The molecule has 1 atom stereocenters. The molecule has 134 valence electrons. The van der Waals surface area contributed by atoms with E-state index in [1.807, 2.05) is 0 Å². The summed E-state index contributed by atoms with van der Waals surface area (Å²) in [5.74, 6) is 0.129. The molecule has 0 aliphatic rings. The van der Waals surface area contributed by atoms with Crippen molar-refractivity contribution in [3.63, 3.8) is 0 Å². The number of rotatable bonds is 6. The van der Waals surface area contributed by atoms with Crippen molar-refractivity contribution in [3.8, 4) is 5.75 Å². The third-order valence-electron chi connectivity index (χ3n) is 3.57. The van der Waals surface area contributed by atoms with Gasteiger partial charge in [-0.2, -0.15) is 0 Å². The van der Waals surface area contributed by atoms with Crippen LogP contribution in [-0.4, -0.2) is 27.5 Å². The van der Waals surface area contributed by atoms with E-state index in [1.54, 1.807) is 32.0 Å². The molecule has 0 radical (unpaired) electrons. The van der Waals surface area contributed by atoms with E-state index in [1.165, 1.54) is 31.3 Å². The monoisotopic (exact) mass is 382 g/mol. The summed E-state index contributed by atoms with van der Waals surface area (Å²) >= 11 is 6.01. The van der Waals surface area contributed by atoms with Crippen molar-refractivity contribution < 1.29 is 17.9 Å². The molecule has 0 saturated heterocycles. The van der Waals surface area contributed by atoms with E-state index < -0.39 is 16.1 Å². The summed E-state index contributed by atoms with van der Waals surface area (Å²) < 4.78 is 32.9. The molecule has 0 aromatic heterocycles. The first-order valence-corrected chi connectivity index (χ1v) is 9.37. The summed E-state index contributed by atoms with van der Waals surface area (Å²) in [6.07, 6.45) is -0.681. The van der Waals surface area contributed by atoms with Gasteiger partial charge in [0.15, 0.2) is 6.10 Å². The van der Waals surface area contributed by atoms with Crippen molar-refractivity contribution in [1.29, 1.82) is 0 Å². The normalized spacial score (nSPS) is 12.3. The number of halogens is 1. The molecule has 2 rings (SSSR count). The number of carbonyl (C=O) groups is 1. The van der Waals surface area contributed by atoms with Crippen LogP contribution in [0.4, 0.5) is 5.69 Å². The Kier molecular flexibility index (Phi) is 5.92. The van der Waals surface area contributed by atoms with Crippen LogP contribution >= 0.6 is 11.6 Å². The molecule has 6 nitrogen and oxygen atoms in total. The van der Waals surface area contributed by atoms with Crippen LogP contribution in [0.1, 0.15) is 12.5 Å². The number of anilines is 1. The van der Waals surface area contributed by atoms with E-state index in [4.69, 9.17) is 16.3 Å². The van der Waals surface area contributed by atoms with Crippen LogP contribution in [0, 0.1) is 6.92 Å². The largest absolute Gasteiger partial charge is 0.481 e. The molecule has 2 aromatic rings. The van der Waals surface area contributed by atoms with E-state index in [0.29, 0.717) is 22.0 Å². The van der Waals surface area contributed by atoms with Crippen molar-refractivity contribution >= 4 is 33.2 Å². The lowest BCUT2D eigenvalue weighted by Gasteiger charge is -2.14. The Morgan fingerprint density at radius 2 is 1.80 bits per heavy atom. The third-order valence-corrected chi connectivity index (χ3v) is 5.37. The van der Waals surface area contributed by atoms with Crippen LogP contribution in [0.15, 0.2) is 47.4 Å². The van der Waals surface area contributed by atoms with Gasteiger partial charge in [-0.3, -0.25) is 9.52 Å². The maximum Gasteiger partial charge on any atom is 0.261 e. The number of benzene rings is 2. The van der Waals surface area contributed by atoms with Crippen LogP contribution in [-0.2, 0) is 14.8 Å². The van der Waals surface area contributed by atoms with Gasteiger partial charge in [-0.25, -0.2) is 8.42 Å². The van der Waals surface area contributed by atoms with Crippen LogP contribution in [0.5, 0.6) is 5.75 Å². The van der Waals surface area contributed by atoms with Gasteiger partial charge in [0.05, 0.1) is 10.6 Å². The number of hydrogen-bond acceptors (Lipinski definition) is 4. The Balaban J connectivity index is 2.17. The Morgan fingerprint density at radius 1 is 1.16 bits per heavy atom. The molecule has 2 N–H and O–H groups in total. The fourth-order valence-corrected chi connectivity index (χ4v) is 3.38. The highest BCUT2D eigenvalue weighted by molar-refractivity contribution is 7.92. The van der Waals surface area contributed by atoms with Gasteiger partial charge in [-0.05, 0) is 55.8 Å². The summed E-state index contributed by atoms with van der Waals surface area (Å²) in [6.45, 7) is 3.34. The first-order valence-electron chi connectivity index (χ1n) is 7.51. The van der Waals surface area contributed by atoms with Gasteiger partial charge in [0, 0.05) is 12.1 Å². The summed E-state index contributed by atoms with van der Waals surface area (Å²) in [4.78, 5) is 11.5. The molecule has 0 spiro atoms. The van der Waals surface area contributed by atoms with Gasteiger partial charge < -0.3 is 10.1 Å². The minimum atomic E-state index is -3.76. The molecule has 2 aromatic carbocycles. The summed E-state index contributed by atoms with van der Waals surface area (Å²) in [6, 6.07) is 10.8. The van der Waals surface area contributed by atoms with Crippen molar-refractivity contribution in [3.05, 3.63) is 53.1 Å². The van der Waals surface area contributed by atoms with E-state index in [-0.39, 0.29) is 10.8 Å². The molecule has 1 amide bonds. The number of nitrogens with one attached hydrogen (secondary N) is 2. The third kappa shape index (κ3) is 4.64. The summed E-state index contributed by atoms with van der Waals surface area (Å²) in [5.41, 5.74) is 1.06. The van der Waals surface area contributed by atoms with E-state index in [2.05, 4.69) is 10.0 Å². The zero-order valence-corrected chi connectivity index (χ0v) is 15.6. The second-order valence-electron chi connectivity index (χ2n) is 5.36. The highest BCUT2D eigenvalue weighted by atomic mass is 35.5. The maximum absolute atomic E-state index is 12.5. The zero-order chi connectivity index (χ0) is 18.6. The maximum atomic E-state index is 12.5.